The molecule has 3 rings (SSSR count). The summed E-state index contributed by atoms with van der Waals surface area (Å²) in [5.74, 6) is 0.560. The van der Waals surface area contributed by atoms with Crippen LogP contribution in [0, 0.1) is 5.92 Å². The number of hydrogen-bond donors (Lipinski definition) is 2. The summed E-state index contributed by atoms with van der Waals surface area (Å²) in [7, 11) is 1.65. The SMILES string of the molecule is COc1cccc(Cc2cnc(NC(=O)C3CCC(=O)NC3)s2)c1. The maximum absolute atomic E-state index is 12.2. The van der Waals surface area contributed by atoms with Gasteiger partial charge in [0.15, 0.2) is 5.13 Å². The van der Waals surface area contributed by atoms with E-state index in [2.05, 4.69) is 15.6 Å². The average molecular weight is 345 g/mol. The fourth-order valence-corrected chi connectivity index (χ4v) is 3.44. The first kappa shape index (κ1) is 16.4. The van der Waals surface area contributed by atoms with Crippen molar-refractivity contribution in [3.05, 3.63) is 40.9 Å². The Morgan fingerprint density at radius 1 is 1.50 bits per heavy atom. The number of carbonyl (C=O) groups is 2. The molecule has 1 atom stereocenters. The molecule has 0 aliphatic carbocycles. The first-order chi connectivity index (χ1) is 11.6. The molecule has 1 aromatic heterocycles. The molecule has 24 heavy (non-hydrogen) atoms. The van der Waals surface area contributed by atoms with Crippen LogP contribution in [0.2, 0.25) is 0 Å². The van der Waals surface area contributed by atoms with Gasteiger partial charge in [0.05, 0.1) is 13.0 Å². The summed E-state index contributed by atoms with van der Waals surface area (Å²) in [6.45, 7) is 0.396. The zero-order valence-corrected chi connectivity index (χ0v) is 14.2. The smallest absolute Gasteiger partial charge is 0.231 e. The highest BCUT2D eigenvalue weighted by atomic mass is 32.1. The highest BCUT2D eigenvalue weighted by molar-refractivity contribution is 7.15. The summed E-state index contributed by atoms with van der Waals surface area (Å²) in [5.41, 5.74) is 1.13. The van der Waals surface area contributed by atoms with Crippen molar-refractivity contribution in [1.82, 2.24) is 10.3 Å². The molecule has 1 aromatic carbocycles. The number of thiazole rings is 1. The topological polar surface area (TPSA) is 80.3 Å². The number of methoxy groups -OCH3 is 1. The third kappa shape index (κ3) is 4.11. The summed E-state index contributed by atoms with van der Waals surface area (Å²) in [5, 5.41) is 6.16. The molecular formula is C17H19N3O3S. The van der Waals surface area contributed by atoms with Crippen molar-refractivity contribution < 1.29 is 14.3 Å². The molecule has 0 bridgehead atoms. The van der Waals surface area contributed by atoms with E-state index in [0.29, 0.717) is 24.5 Å². The molecule has 1 unspecified atom stereocenters. The minimum absolute atomic E-state index is 0.00822. The monoisotopic (exact) mass is 345 g/mol. The van der Waals surface area contributed by atoms with Gasteiger partial charge in [0.25, 0.3) is 0 Å². The molecule has 2 heterocycles. The van der Waals surface area contributed by atoms with Crippen LogP contribution in [-0.4, -0.2) is 30.5 Å². The summed E-state index contributed by atoms with van der Waals surface area (Å²) in [4.78, 5) is 28.7. The molecule has 2 aromatic rings. The lowest BCUT2D eigenvalue weighted by Crippen LogP contribution is -2.40. The molecule has 6 nitrogen and oxygen atoms in total. The Kier molecular flexibility index (Phi) is 5.10. The quantitative estimate of drug-likeness (QED) is 0.871. The van der Waals surface area contributed by atoms with Gasteiger partial charge in [-0.3, -0.25) is 9.59 Å². The van der Waals surface area contributed by atoms with Crippen LogP contribution in [-0.2, 0) is 16.0 Å². The number of anilines is 1. The van der Waals surface area contributed by atoms with E-state index >= 15 is 0 Å². The predicted octanol–water partition coefficient (Wildman–Crippen LogP) is 2.21. The zero-order chi connectivity index (χ0) is 16.9. The van der Waals surface area contributed by atoms with Gasteiger partial charge in [-0.25, -0.2) is 4.98 Å². The van der Waals surface area contributed by atoms with Gasteiger partial charge in [0.2, 0.25) is 11.8 Å². The lowest BCUT2D eigenvalue weighted by atomic mass is 9.98. The number of aromatic nitrogens is 1. The second kappa shape index (κ2) is 7.44. The van der Waals surface area contributed by atoms with Crippen LogP contribution >= 0.6 is 11.3 Å². The fraction of sp³-hybridized carbons (Fsp3) is 0.353. The van der Waals surface area contributed by atoms with Gasteiger partial charge in [0, 0.05) is 30.5 Å². The maximum Gasteiger partial charge on any atom is 0.231 e. The second-order valence-electron chi connectivity index (χ2n) is 5.69. The molecule has 2 amide bonds. The van der Waals surface area contributed by atoms with Gasteiger partial charge in [-0.15, -0.1) is 11.3 Å². The molecule has 7 heteroatoms. The van der Waals surface area contributed by atoms with Gasteiger partial charge in [0.1, 0.15) is 5.75 Å². The fourth-order valence-electron chi connectivity index (χ4n) is 2.59. The van der Waals surface area contributed by atoms with E-state index in [1.807, 2.05) is 24.3 Å². The number of carbonyl (C=O) groups excluding carboxylic acids is 2. The minimum atomic E-state index is -0.187. The van der Waals surface area contributed by atoms with Crippen molar-refractivity contribution in [1.29, 1.82) is 0 Å². The molecule has 1 aliphatic rings. The van der Waals surface area contributed by atoms with E-state index in [-0.39, 0.29) is 17.7 Å². The van der Waals surface area contributed by atoms with E-state index in [9.17, 15) is 9.59 Å². The van der Waals surface area contributed by atoms with Gasteiger partial charge in [-0.05, 0) is 24.1 Å². The van der Waals surface area contributed by atoms with Crippen molar-refractivity contribution in [2.75, 3.05) is 19.0 Å². The predicted molar refractivity (Wildman–Crippen MR) is 92.3 cm³/mol. The Morgan fingerprint density at radius 3 is 3.12 bits per heavy atom. The standard InChI is InChI=1S/C17H19N3O3S/c1-23-13-4-2-3-11(7-13)8-14-10-19-17(24-14)20-16(22)12-5-6-15(21)18-9-12/h2-4,7,10,12H,5-6,8-9H2,1H3,(H,18,21)(H,19,20,22). The number of nitrogens with zero attached hydrogens (tertiary/aromatic N) is 1. The summed E-state index contributed by atoms with van der Waals surface area (Å²) in [6, 6.07) is 7.88. The largest absolute Gasteiger partial charge is 0.497 e. The maximum atomic E-state index is 12.2. The number of amides is 2. The Balaban J connectivity index is 1.59. The van der Waals surface area contributed by atoms with Crippen LogP contribution in [0.25, 0.3) is 0 Å². The van der Waals surface area contributed by atoms with E-state index in [0.717, 1.165) is 22.6 Å². The lowest BCUT2D eigenvalue weighted by Gasteiger charge is -2.20. The molecule has 2 N–H and O–H groups in total. The van der Waals surface area contributed by atoms with Crippen molar-refractivity contribution in [2.24, 2.45) is 5.92 Å². The van der Waals surface area contributed by atoms with Gasteiger partial charge in [-0.1, -0.05) is 12.1 Å². The Bertz CT molecular complexity index is 734. The van der Waals surface area contributed by atoms with Crippen LogP contribution in [0.15, 0.2) is 30.5 Å². The Morgan fingerprint density at radius 2 is 2.38 bits per heavy atom. The van der Waals surface area contributed by atoms with E-state index in [1.54, 1.807) is 13.3 Å². The third-order valence-corrected chi connectivity index (χ3v) is 4.85. The molecule has 126 valence electrons. The summed E-state index contributed by atoms with van der Waals surface area (Å²) in [6.07, 6.45) is 3.50. The van der Waals surface area contributed by atoms with Crippen molar-refractivity contribution in [3.63, 3.8) is 0 Å². The molecule has 0 spiro atoms. The van der Waals surface area contributed by atoms with Crippen LogP contribution in [0.4, 0.5) is 5.13 Å². The number of hydrogen-bond acceptors (Lipinski definition) is 5. The molecular weight excluding hydrogens is 326 g/mol. The molecule has 1 fully saturated rings. The van der Waals surface area contributed by atoms with Crippen LogP contribution in [0.5, 0.6) is 5.75 Å². The average Bonchev–Trinajstić information content (AvgIpc) is 3.02. The minimum Gasteiger partial charge on any atom is -0.497 e. The first-order valence-electron chi connectivity index (χ1n) is 7.79. The molecule has 1 aliphatic heterocycles. The number of ether oxygens (including phenoxy) is 1. The first-order valence-corrected chi connectivity index (χ1v) is 8.61. The lowest BCUT2D eigenvalue weighted by molar-refractivity contribution is -0.126. The third-order valence-electron chi connectivity index (χ3n) is 3.93. The molecule has 0 saturated carbocycles. The van der Waals surface area contributed by atoms with Crippen molar-refractivity contribution in [2.45, 2.75) is 19.3 Å². The number of benzene rings is 1. The molecule has 0 radical (unpaired) electrons. The van der Waals surface area contributed by atoms with Crippen LogP contribution in [0.3, 0.4) is 0 Å². The van der Waals surface area contributed by atoms with Gasteiger partial charge < -0.3 is 15.4 Å². The van der Waals surface area contributed by atoms with E-state index < -0.39 is 0 Å². The van der Waals surface area contributed by atoms with Crippen molar-refractivity contribution in [3.8, 4) is 5.75 Å². The summed E-state index contributed by atoms with van der Waals surface area (Å²) < 4.78 is 5.23. The Labute approximate surface area is 144 Å². The number of rotatable bonds is 5. The summed E-state index contributed by atoms with van der Waals surface area (Å²) >= 11 is 1.46. The second-order valence-corrected chi connectivity index (χ2v) is 6.80. The van der Waals surface area contributed by atoms with E-state index in [4.69, 9.17) is 4.74 Å². The van der Waals surface area contributed by atoms with E-state index in [1.165, 1.54) is 11.3 Å². The molecule has 1 saturated heterocycles. The highest BCUT2D eigenvalue weighted by Crippen LogP contribution is 2.24. The zero-order valence-electron chi connectivity index (χ0n) is 13.4. The number of nitrogens with one attached hydrogen (secondary N) is 2. The van der Waals surface area contributed by atoms with Gasteiger partial charge in [-0.2, -0.15) is 0 Å². The van der Waals surface area contributed by atoms with Crippen molar-refractivity contribution >= 4 is 28.3 Å². The Hall–Kier alpha value is -2.41. The number of piperidine rings is 1. The van der Waals surface area contributed by atoms with Gasteiger partial charge >= 0.3 is 0 Å². The highest BCUT2D eigenvalue weighted by Gasteiger charge is 2.25. The normalized spacial score (nSPS) is 17.2. The van der Waals surface area contributed by atoms with Crippen LogP contribution in [0.1, 0.15) is 23.3 Å². The van der Waals surface area contributed by atoms with Crippen LogP contribution < -0.4 is 15.4 Å².